The molecule has 0 bridgehead atoms. The predicted molar refractivity (Wildman–Crippen MR) is 124 cm³/mol. The van der Waals surface area contributed by atoms with Gasteiger partial charge in [-0.25, -0.2) is 4.98 Å². The number of alkyl halides is 3. The number of hydrogen-bond acceptors (Lipinski definition) is 4. The van der Waals surface area contributed by atoms with E-state index < -0.39 is 29.2 Å². The van der Waals surface area contributed by atoms with Crippen molar-refractivity contribution in [2.75, 3.05) is 5.32 Å². The summed E-state index contributed by atoms with van der Waals surface area (Å²) in [6, 6.07) is 10.4. The van der Waals surface area contributed by atoms with Gasteiger partial charge in [0.15, 0.2) is 0 Å². The van der Waals surface area contributed by atoms with Gasteiger partial charge in [0.1, 0.15) is 10.9 Å². The van der Waals surface area contributed by atoms with Crippen molar-refractivity contribution >= 4 is 44.7 Å². The summed E-state index contributed by atoms with van der Waals surface area (Å²) in [5.74, 6) is -0.608. The third-order valence-electron chi connectivity index (χ3n) is 5.16. The largest absolute Gasteiger partial charge is 0.416 e. The average Bonchev–Trinajstić information content (AvgIpc) is 3.21. The monoisotopic (exact) mass is 491 g/mol. The van der Waals surface area contributed by atoms with Crippen LogP contribution in [0.2, 0.25) is 5.02 Å². The van der Waals surface area contributed by atoms with Crippen molar-refractivity contribution in [2.45, 2.75) is 25.6 Å². The van der Waals surface area contributed by atoms with E-state index in [-0.39, 0.29) is 12.1 Å². The van der Waals surface area contributed by atoms with Crippen LogP contribution in [-0.2, 0) is 11.0 Å². The molecule has 0 aliphatic rings. The maximum atomic E-state index is 13.4. The number of carbonyl (C=O) groups is 1. The quantitative estimate of drug-likeness (QED) is 0.352. The topological polar surface area (TPSA) is 64.0 Å². The van der Waals surface area contributed by atoms with E-state index in [4.69, 9.17) is 11.6 Å². The summed E-state index contributed by atoms with van der Waals surface area (Å²) in [5, 5.41) is 5.23. The summed E-state index contributed by atoms with van der Waals surface area (Å²) in [5.41, 5.74) is 0.167. The van der Waals surface area contributed by atoms with Gasteiger partial charge in [-0.1, -0.05) is 36.7 Å². The molecule has 2 aromatic heterocycles. The fraction of sp³-hybridized carbons (Fsp3) is 0.174. The first kappa shape index (κ1) is 23.0. The number of rotatable bonds is 5. The second kappa shape index (κ2) is 8.99. The Morgan fingerprint density at radius 1 is 1.21 bits per heavy atom. The van der Waals surface area contributed by atoms with Crippen LogP contribution < -0.4 is 10.9 Å². The molecule has 1 atom stereocenters. The Kier molecular flexibility index (Phi) is 6.27. The van der Waals surface area contributed by atoms with Crippen molar-refractivity contribution in [2.24, 2.45) is 0 Å². The van der Waals surface area contributed by atoms with Gasteiger partial charge in [-0.05, 0) is 42.3 Å². The van der Waals surface area contributed by atoms with Crippen LogP contribution in [0.1, 0.15) is 24.9 Å². The molecule has 170 valence electrons. The molecular formula is C23H17ClF3N3O2S. The predicted octanol–water partition coefficient (Wildman–Crippen LogP) is 6.39. The highest BCUT2D eigenvalue weighted by Gasteiger charge is 2.31. The smallest absolute Gasteiger partial charge is 0.324 e. The first-order valence-corrected chi connectivity index (χ1v) is 11.2. The Labute approximate surface area is 195 Å². The minimum absolute atomic E-state index is 0.00671. The number of carbonyl (C=O) groups excluding carboxylic acids is 1. The molecule has 0 saturated heterocycles. The fourth-order valence-electron chi connectivity index (χ4n) is 3.52. The van der Waals surface area contributed by atoms with Gasteiger partial charge in [-0.3, -0.25) is 14.2 Å². The van der Waals surface area contributed by atoms with E-state index in [1.165, 1.54) is 34.4 Å². The number of nitrogens with one attached hydrogen (secondary N) is 1. The van der Waals surface area contributed by atoms with Crippen molar-refractivity contribution in [3.63, 3.8) is 0 Å². The van der Waals surface area contributed by atoms with E-state index in [0.29, 0.717) is 20.8 Å². The molecule has 0 saturated carbocycles. The van der Waals surface area contributed by atoms with E-state index >= 15 is 0 Å². The fourth-order valence-corrected chi connectivity index (χ4v) is 4.55. The second-order valence-corrected chi connectivity index (χ2v) is 8.58. The van der Waals surface area contributed by atoms with Crippen LogP contribution >= 0.6 is 22.9 Å². The summed E-state index contributed by atoms with van der Waals surface area (Å²) in [4.78, 5) is 31.2. The van der Waals surface area contributed by atoms with Crippen LogP contribution in [0, 0.1) is 0 Å². The third kappa shape index (κ3) is 4.65. The molecule has 4 rings (SSSR count). The molecule has 4 aromatic rings. The van der Waals surface area contributed by atoms with Crippen molar-refractivity contribution in [3.8, 4) is 11.1 Å². The zero-order chi connectivity index (χ0) is 23.8. The molecule has 0 spiro atoms. The van der Waals surface area contributed by atoms with Gasteiger partial charge in [-0.2, -0.15) is 13.2 Å². The van der Waals surface area contributed by atoms with Crippen LogP contribution in [-0.4, -0.2) is 15.5 Å². The molecule has 1 amide bonds. The first-order chi connectivity index (χ1) is 15.7. The molecule has 1 N–H and O–H groups in total. The van der Waals surface area contributed by atoms with Crippen molar-refractivity contribution in [3.05, 3.63) is 81.2 Å². The number of thiophene rings is 1. The summed E-state index contributed by atoms with van der Waals surface area (Å²) in [6.07, 6.45) is -3.00. The summed E-state index contributed by atoms with van der Waals surface area (Å²) < 4.78 is 40.2. The van der Waals surface area contributed by atoms with Gasteiger partial charge in [0, 0.05) is 21.7 Å². The number of benzene rings is 2. The maximum Gasteiger partial charge on any atom is 0.416 e. The number of fused-ring (bicyclic) bond motifs is 1. The zero-order valence-electron chi connectivity index (χ0n) is 17.2. The Hall–Kier alpha value is -3.17. The first-order valence-electron chi connectivity index (χ1n) is 9.91. The molecule has 0 aliphatic carbocycles. The lowest BCUT2D eigenvalue weighted by molar-refractivity contribution is -0.137. The number of aromatic nitrogens is 2. The van der Waals surface area contributed by atoms with Crippen LogP contribution in [0.15, 0.2) is 65.0 Å². The summed E-state index contributed by atoms with van der Waals surface area (Å²) >= 11 is 7.27. The molecule has 0 radical (unpaired) electrons. The SMILES string of the molecule is CCC(C(=O)Nc1cccc(C(F)(F)F)c1)n1cnc2scc(-c3ccc(Cl)cc3)c2c1=O. The Morgan fingerprint density at radius 3 is 2.61 bits per heavy atom. The highest BCUT2D eigenvalue weighted by atomic mass is 35.5. The van der Waals surface area contributed by atoms with Crippen LogP contribution in [0.5, 0.6) is 0 Å². The van der Waals surface area contributed by atoms with Crippen molar-refractivity contribution < 1.29 is 18.0 Å². The standard InChI is InChI=1S/C23H17ClF3N3O2S/c1-2-18(20(31)29-16-5-3-4-14(10-16)23(25,26)27)30-12-28-21-19(22(30)32)17(11-33-21)13-6-8-15(24)9-7-13/h3-12,18H,2H2,1H3,(H,29,31). The van der Waals surface area contributed by atoms with E-state index in [1.54, 1.807) is 31.2 Å². The molecule has 5 nitrogen and oxygen atoms in total. The van der Waals surface area contributed by atoms with Gasteiger partial charge < -0.3 is 5.32 Å². The van der Waals surface area contributed by atoms with Gasteiger partial charge >= 0.3 is 6.18 Å². The lowest BCUT2D eigenvalue weighted by Crippen LogP contribution is -2.33. The van der Waals surface area contributed by atoms with Crippen molar-refractivity contribution in [1.82, 2.24) is 9.55 Å². The molecule has 2 heterocycles. The second-order valence-electron chi connectivity index (χ2n) is 7.29. The molecule has 33 heavy (non-hydrogen) atoms. The summed E-state index contributed by atoms with van der Waals surface area (Å²) in [6.45, 7) is 1.71. The maximum absolute atomic E-state index is 13.4. The van der Waals surface area contributed by atoms with E-state index in [2.05, 4.69) is 10.3 Å². The van der Waals surface area contributed by atoms with E-state index in [1.807, 2.05) is 5.38 Å². The Balaban J connectivity index is 1.70. The van der Waals surface area contributed by atoms with Gasteiger partial charge in [0.25, 0.3) is 5.56 Å². The molecule has 1 unspecified atom stereocenters. The van der Waals surface area contributed by atoms with Crippen LogP contribution in [0.25, 0.3) is 21.3 Å². The van der Waals surface area contributed by atoms with Gasteiger partial charge in [0.05, 0.1) is 17.3 Å². The zero-order valence-corrected chi connectivity index (χ0v) is 18.8. The molecule has 10 heteroatoms. The molecule has 0 fully saturated rings. The van der Waals surface area contributed by atoms with E-state index in [0.717, 1.165) is 17.7 Å². The molecule has 0 aliphatic heterocycles. The average molecular weight is 492 g/mol. The number of anilines is 1. The molecule has 2 aromatic carbocycles. The van der Waals surface area contributed by atoms with Crippen molar-refractivity contribution in [1.29, 1.82) is 0 Å². The highest BCUT2D eigenvalue weighted by Crippen LogP contribution is 2.32. The van der Waals surface area contributed by atoms with Gasteiger partial charge in [-0.15, -0.1) is 11.3 Å². The lowest BCUT2D eigenvalue weighted by atomic mass is 10.1. The van der Waals surface area contributed by atoms with Crippen LogP contribution in [0.4, 0.5) is 18.9 Å². The Morgan fingerprint density at radius 2 is 1.94 bits per heavy atom. The minimum Gasteiger partial charge on any atom is -0.324 e. The minimum atomic E-state index is -4.53. The van der Waals surface area contributed by atoms with Gasteiger partial charge in [0.2, 0.25) is 5.91 Å². The third-order valence-corrected chi connectivity index (χ3v) is 6.30. The van der Waals surface area contributed by atoms with E-state index in [9.17, 15) is 22.8 Å². The number of nitrogens with zero attached hydrogens (tertiary/aromatic N) is 2. The molecular weight excluding hydrogens is 475 g/mol. The normalized spacial score (nSPS) is 12.6. The van der Waals surface area contributed by atoms with Crippen LogP contribution in [0.3, 0.4) is 0 Å². The highest BCUT2D eigenvalue weighted by molar-refractivity contribution is 7.17. The number of amides is 1. The summed E-state index contributed by atoms with van der Waals surface area (Å²) in [7, 11) is 0. The number of halogens is 4. The number of hydrogen-bond donors (Lipinski definition) is 1. The lowest BCUT2D eigenvalue weighted by Gasteiger charge is -2.18. The Bertz CT molecular complexity index is 1380.